The summed E-state index contributed by atoms with van der Waals surface area (Å²) in [5.41, 5.74) is 1.54. The van der Waals surface area contributed by atoms with Crippen LogP contribution in [0.4, 0.5) is 5.69 Å². The maximum absolute atomic E-state index is 12.8. The lowest BCUT2D eigenvalue weighted by Gasteiger charge is -2.35. The number of nitrogens with one attached hydrogen (secondary N) is 1. The van der Waals surface area contributed by atoms with Crippen LogP contribution in [-0.4, -0.2) is 65.1 Å². The zero-order valence-corrected chi connectivity index (χ0v) is 15.4. The summed E-state index contributed by atoms with van der Waals surface area (Å²) in [6.07, 6.45) is 3.85. The van der Waals surface area contributed by atoms with Gasteiger partial charge in [-0.2, -0.15) is 0 Å². The molecule has 0 spiro atoms. The largest absolute Gasteiger partial charge is 0.368 e. The Morgan fingerprint density at radius 2 is 1.92 bits per heavy atom. The highest BCUT2D eigenvalue weighted by molar-refractivity contribution is 6.30. The molecule has 0 radical (unpaired) electrons. The first kappa shape index (κ1) is 17.3. The first-order chi connectivity index (χ1) is 12.7. The molecule has 2 aromatic rings. The Bertz CT molecular complexity index is 765. The molecule has 26 heavy (non-hydrogen) atoms. The summed E-state index contributed by atoms with van der Waals surface area (Å²) < 4.78 is 1.86. The van der Waals surface area contributed by atoms with Crippen molar-refractivity contribution in [3.63, 3.8) is 0 Å². The maximum atomic E-state index is 12.8. The number of carbonyl (C=O) groups is 1. The lowest BCUT2D eigenvalue weighted by atomic mass is 10.1. The van der Waals surface area contributed by atoms with Crippen molar-refractivity contribution in [2.75, 3.05) is 44.2 Å². The number of nitrogens with zero attached hydrogens (tertiary/aromatic N) is 5. The van der Waals surface area contributed by atoms with Crippen LogP contribution in [0.25, 0.3) is 0 Å². The van der Waals surface area contributed by atoms with Gasteiger partial charge in [0.05, 0.1) is 12.2 Å². The molecule has 7 nitrogen and oxygen atoms in total. The SMILES string of the molecule is O=C(c1cn(C2CCNCC2)nn1)N1CCN(c2cccc(Cl)c2)CC1. The van der Waals surface area contributed by atoms with E-state index in [1.807, 2.05) is 40.0 Å². The first-order valence-corrected chi connectivity index (χ1v) is 9.51. The van der Waals surface area contributed by atoms with Gasteiger partial charge in [0.2, 0.25) is 0 Å². The van der Waals surface area contributed by atoms with E-state index in [2.05, 4.69) is 20.5 Å². The Labute approximate surface area is 157 Å². The van der Waals surface area contributed by atoms with Crippen LogP contribution < -0.4 is 10.2 Å². The number of hydrogen-bond acceptors (Lipinski definition) is 5. The molecule has 2 aliphatic rings. The molecule has 3 heterocycles. The summed E-state index contributed by atoms with van der Waals surface area (Å²) in [5, 5.41) is 12.4. The maximum Gasteiger partial charge on any atom is 0.276 e. The molecule has 2 fully saturated rings. The zero-order chi connectivity index (χ0) is 17.9. The van der Waals surface area contributed by atoms with Gasteiger partial charge in [-0.05, 0) is 44.1 Å². The van der Waals surface area contributed by atoms with Gasteiger partial charge in [0.15, 0.2) is 5.69 Å². The fourth-order valence-electron chi connectivity index (χ4n) is 3.63. The van der Waals surface area contributed by atoms with Crippen molar-refractivity contribution in [1.29, 1.82) is 0 Å². The third kappa shape index (κ3) is 3.68. The van der Waals surface area contributed by atoms with Crippen molar-refractivity contribution in [2.24, 2.45) is 0 Å². The van der Waals surface area contributed by atoms with Crippen LogP contribution in [0.2, 0.25) is 5.02 Å². The van der Waals surface area contributed by atoms with E-state index in [0.717, 1.165) is 49.7 Å². The lowest BCUT2D eigenvalue weighted by Crippen LogP contribution is -2.48. The quantitative estimate of drug-likeness (QED) is 0.887. The minimum Gasteiger partial charge on any atom is -0.368 e. The standard InChI is InChI=1S/C18H23ClN6O/c19-14-2-1-3-16(12-14)23-8-10-24(11-9-23)18(26)17-13-25(22-21-17)15-4-6-20-7-5-15/h1-3,12-13,15,20H,4-11H2. The Morgan fingerprint density at radius 1 is 1.15 bits per heavy atom. The number of aromatic nitrogens is 3. The molecule has 2 saturated heterocycles. The molecule has 1 amide bonds. The number of hydrogen-bond donors (Lipinski definition) is 1. The average Bonchev–Trinajstić information content (AvgIpc) is 3.18. The number of piperazine rings is 1. The predicted molar refractivity (Wildman–Crippen MR) is 101 cm³/mol. The molecule has 4 rings (SSSR count). The summed E-state index contributed by atoms with van der Waals surface area (Å²) in [6.45, 7) is 4.89. The van der Waals surface area contributed by atoms with Gasteiger partial charge in [0, 0.05) is 36.9 Å². The summed E-state index contributed by atoms with van der Waals surface area (Å²) in [7, 11) is 0. The van der Waals surface area contributed by atoms with E-state index in [1.54, 1.807) is 0 Å². The molecule has 0 aliphatic carbocycles. The minimum atomic E-state index is -0.0315. The highest BCUT2D eigenvalue weighted by Crippen LogP contribution is 2.21. The summed E-state index contributed by atoms with van der Waals surface area (Å²) in [5.74, 6) is -0.0315. The summed E-state index contributed by atoms with van der Waals surface area (Å²) in [4.78, 5) is 16.9. The van der Waals surface area contributed by atoms with Gasteiger partial charge in [0.25, 0.3) is 5.91 Å². The van der Waals surface area contributed by atoms with E-state index in [4.69, 9.17) is 11.6 Å². The number of piperidine rings is 1. The Hall–Kier alpha value is -2.12. The van der Waals surface area contributed by atoms with Crippen molar-refractivity contribution in [3.8, 4) is 0 Å². The molecule has 0 atom stereocenters. The van der Waals surface area contributed by atoms with Crippen molar-refractivity contribution in [2.45, 2.75) is 18.9 Å². The second kappa shape index (κ2) is 7.63. The van der Waals surface area contributed by atoms with Gasteiger partial charge in [-0.3, -0.25) is 4.79 Å². The fraction of sp³-hybridized carbons (Fsp3) is 0.500. The number of carbonyl (C=O) groups excluding carboxylic acids is 1. The molecule has 1 aromatic carbocycles. The number of amides is 1. The molecular formula is C18H23ClN6O. The predicted octanol–water partition coefficient (Wildman–Crippen LogP) is 1.82. The zero-order valence-electron chi connectivity index (χ0n) is 14.6. The average molecular weight is 375 g/mol. The number of rotatable bonds is 3. The fourth-order valence-corrected chi connectivity index (χ4v) is 3.81. The van der Waals surface area contributed by atoms with E-state index < -0.39 is 0 Å². The summed E-state index contributed by atoms with van der Waals surface area (Å²) in [6, 6.07) is 8.17. The van der Waals surface area contributed by atoms with Gasteiger partial charge in [-0.1, -0.05) is 22.9 Å². The smallest absolute Gasteiger partial charge is 0.276 e. The first-order valence-electron chi connectivity index (χ1n) is 9.13. The van der Waals surface area contributed by atoms with Gasteiger partial charge in [0.1, 0.15) is 0 Å². The van der Waals surface area contributed by atoms with Gasteiger partial charge < -0.3 is 15.1 Å². The van der Waals surface area contributed by atoms with Gasteiger partial charge in [-0.25, -0.2) is 4.68 Å². The van der Waals surface area contributed by atoms with Crippen LogP contribution in [0, 0.1) is 0 Å². The molecular weight excluding hydrogens is 352 g/mol. The molecule has 0 unspecified atom stereocenters. The van der Waals surface area contributed by atoms with Crippen LogP contribution in [0.5, 0.6) is 0 Å². The van der Waals surface area contributed by atoms with Crippen LogP contribution in [0.3, 0.4) is 0 Å². The molecule has 0 bridgehead atoms. The minimum absolute atomic E-state index is 0.0315. The van der Waals surface area contributed by atoms with Crippen LogP contribution in [0.1, 0.15) is 29.4 Å². The van der Waals surface area contributed by atoms with Crippen LogP contribution in [0.15, 0.2) is 30.5 Å². The van der Waals surface area contributed by atoms with E-state index in [9.17, 15) is 4.79 Å². The Balaban J connectivity index is 1.37. The number of anilines is 1. The number of halogens is 1. The summed E-state index contributed by atoms with van der Waals surface area (Å²) >= 11 is 6.08. The van der Waals surface area contributed by atoms with E-state index in [-0.39, 0.29) is 5.91 Å². The van der Waals surface area contributed by atoms with E-state index >= 15 is 0 Å². The molecule has 8 heteroatoms. The molecule has 2 aliphatic heterocycles. The topological polar surface area (TPSA) is 66.3 Å². The molecule has 0 saturated carbocycles. The van der Waals surface area contributed by atoms with Gasteiger partial charge in [-0.15, -0.1) is 5.10 Å². The van der Waals surface area contributed by atoms with E-state index in [0.29, 0.717) is 24.8 Å². The van der Waals surface area contributed by atoms with Crippen LogP contribution >= 0.6 is 11.6 Å². The lowest BCUT2D eigenvalue weighted by molar-refractivity contribution is 0.0740. The molecule has 1 aromatic heterocycles. The second-order valence-corrected chi connectivity index (χ2v) is 7.26. The van der Waals surface area contributed by atoms with Crippen molar-refractivity contribution < 1.29 is 4.79 Å². The monoisotopic (exact) mass is 374 g/mol. The normalized spacial score (nSPS) is 19.0. The van der Waals surface area contributed by atoms with Crippen molar-refractivity contribution in [3.05, 3.63) is 41.2 Å². The second-order valence-electron chi connectivity index (χ2n) is 6.82. The Kier molecular flexibility index (Phi) is 5.08. The highest BCUT2D eigenvalue weighted by Gasteiger charge is 2.25. The Morgan fingerprint density at radius 3 is 2.65 bits per heavy atom. The van der Waals surface area contributed by atoms with Crippen molar-refractivity contribution in [1.82, 2.24) is 25.2 Å². The number of benzene rings is 1. The molecule has 138 valence electrons. The highest BCUT2D eigenvalue weighted by atomic mass is 35.5. The third-order valence-corrected chi connectivity index (χ3v) is 5.39. The van der Waals surface area contributed by atoms with Gasteiger partial charge >= 0.3 is 0 Å². The molecule has 1 N–H and O–H groups in total. The third-order valence-electron chi connectivity index (χ3n) is 5.15. The van der Waals surface area contributed by atoms with Crippen LogP contribution in [-0.2, 0) is 0 Å². The van der Waals surface area contributed by atoms with E-state index in [1.165, 1.54) is 0 Å². The van der Waals surface area contributed by atoms with Crippen molar-refractivity contribution >= 4 is 23.2 Å².